The summed E-state index contributed by atoms with van der Waals surface area (Å²) in [6, 6.07) is 9.26. The second-order valence-electron chi connectivity index (χ2n) is 5.25. The predicted octanol–water partition coefficient (Wildman–Crippen LogP) is 3.11. The average Bonchev–Trinajstić information content (AvgIpc) is 2.74. The van der Waals surface area contributed by atoms with Crippen molar-refractivity contribution >= 4 is 0 Å². The van der Waals surface area contributed by atoms with E-state index < -0.39 is 0 Å². The quantitative estimate of drug-likeness (QED) is 0.862. The van der Waals surface area contributed by atoms with Gasteiger partial charge in [0.2, 0.25) is 0 Å². The molecule has 1 aliphatic carbocycles. The predicted molar refractivity (Wildman–Crippen MR) is 71.7 cm³/mol. The Balaban J connectivity index is 2.18. The summed E-state index contributed by atoms with van der Waals surface area (Å²) in [4.78, 5) is 0. The summed E-state index contributed by atoms with van der Waals surface area (Å²) in [7, 11) is 2.06. The van der Waals surface area contributed by atoms with Gasteiger partial charge in [0, 0.05) is 6.04 Å². The van der Waals surface area contributed by atoms with E-state index in [2.05, 4.69) is 37.5 Å². The molecule has 0 saturated heterocycles. The van der Waals surface area contributed by atoms with Gasteiger partial charge in [-0.1, -0.05) is 19.1 Å². The molecule has 94 valence electrons. The summed E-state index contributed by atoms with van der Waals surface area (Å²) in [6.07, 6.45) is 3.75. The first-order valence-electron chi connectivity index (χ1n) is 6.58. The summed E-state index contributed by atoms with van der Waals surface area (Å²) in [5.74, 6) is 0.999. The van der Waals surface area contributed by atoms with E-state index in [-0.39, 0.29) is 0 Å². The molecule has 1 fully saturated rings. The summed E-state index contributed by atoms with van der Waals surface area (Å²) in [6.45, 7) is 5.13. The number of ether oxygens (including phenoxy) is 1. The van der Waals surface area contributed by atoms with Crippen LogP contribution in [-0.4, -0.2) is 19.7 Å². The Morgan fingerprint density at radius 2 is 2.29 bits per heavy atom. The number of nitrogens with one attached hydrogen (secondary N) is 1. The van der Waals surface area contributed by atoms with Crippen molar-refractivity contribution in [2.75, 3.05) is 13.7 Å². The van der Waals surface area contributed by atoms with E-state index in [4.69, 9.17) is 4.74 Å². The highest BCUT2D eigenvalue weighted by Crippen LogP contribution is 2.41. The van der Waals surface area contributed by atoms with Gasteiger partial charge in [0.05, 0.1) is 6.61 Å². The third-order valence-corrected chi connectivity index (χ3v) is 3.99. The van der Waals surface area contributed by atoms with E-state index in [0.29, 0.717) is 11.5 Å². The fourth-order valence-corrected chi connectivity index (χ4v) is 2.88. The number of rotatable bonds is 4. The first-order chi connectivity index (χ1) is 8.18. The molecule has 2 heteroatoms. The molecule has 1 aliphatic rings. The molecule has 0 bridgehead atoms. The van der Waals surface area contributed by atoms with Crippen molar-refractivity contribution in [1.29, 1.82) is 0 Å². The Kier molecular flexibility index (Phi) is 3.72. The molecule has 1 aromatic rings. The minimum atomic E-state index is 0.306. The third kappa shape index (κ3) is 2.63. The minimum absolute atomic E-state index is 0.306. The Morgan fingerprint density at radius 3 is 2.94 bits per heavy atom. The van der Waals surface area contributed by atoms with Gasteiger partial charge < -0.3 is 10.1 Å². The van der Waals surface area contributed by atoms with E-state index in [9.17, 15) is 0 Å². The van der Waals surface area contributed by atoms with Gasteiger partial charge in [-0.25, -0.2) is 0 Å². The second kappa shape index (κ2) is 5.09. The van der Waals surface area contributed by atoms with Crippen LogP contribution in [0.15, 0.2) is 24.3 Å². The number of hydrogen-bond acceptors (Lipinski definition) is 2. The molecule has 1 N–H and O–H groups in total. The van der Waals surface area contributed by atoms with Crippen molar-refractivity contribution in [2.24, 2.45) is 0 Å². The molecule has 2 rings (SSSR count). The van der Waals surface area contributed by atoms with Crippen molar-refractivity contribution in [3.8, 4) is 5.75 Å². The van der Waals surface area contributed by atoms with E-state index in [1.54, 1.807) is 0 Å². The number of benzene rings is 1. The molecule has 2 unspecified atom stereocenters. The molecule has 0 heterocycles. The van der Waals surface area contributed by atoms with Crippen LogP contribution in [0.1, 0.15) is 38.7 Å². The van der Waals surface area contributed by atoms with E-state index in [1.807, 2.05) is 13.0 Å². The monoisotopic (exact) mass is 233 g/mol. The number of hydrogen-bond donors (Lipinski definition) is 1. The van der Waals surface area contributed by atoms with Crippen molar-refractivity contribution < 1.29 is 4.74 Å². The van der Waals surface area contributed by atoms with Crippen LogP contribution in [0.25, 0.3) is 0 Å². The van der Waals surface area contributed by atoms with Crippen LogP contribution in [-0.2, 0) is 5.41 Å². The zero-order chi connectivity index (χ0) is 12.3. The highest BCUT2D eigenvalue weighted by atomic mass is 16.5. The largest absolute Gasteiger partial charge is 0.494 e. The van der Waals surface area contributed by atoms with Gasteiger partial charge in [-0.15, -0.1) is 0 Å². The van der Waals surface area contributed by atoms with Crippen LogP contribution in [0, 0.1) is 0 Å². The van der Waals surface area contributed by atoms with Crippen LogP contribution < -0.4 is 10.1 Å². The van der Waals surface area contributed by atoms with Crippen LogP contribution in [0.5, 0.6) is 5.75 Å². The van der Waals surface area contributed by atoms with Gasteiger partial charge in [0.15, 0.2) is 0 Å². The highest BCUT2D eigenvalue weighted by molar-refractivity contribution is 5.34. The summed E-state index contributed by atoms with van der Waals surface area (Å²) in [5, 5.41) is 3.40. The fourth-order valence-electron chi connectivity index (χ4n) is 2.88. The third-order valence-electron chi connectivity index (χ3n) is 3.99. The molecular weight excluding hydrogens is 210 g/mol. The molecule has 0 amide bonds. The van der Waals surface area contributed by atoms with Gasteiger partial charge in [-0.3, -0.25) is 0 Å². The molecule has 0 aromatic heterocycles. The average molecular weight is 233 g/mol. The summed E-state index contributed by atoms with van der Waals surface area (Å²) < 4.78 is 5.59. The van der Waals surface area contributed by atoms with Crippen molar-refractivity contribution in [3.05, 3.63) is 29.8 Å². The fraction of sp³-hybridized carbons (Fsp3) is 0.600. The lowest BCUT2D eigenvalue weighted by atomic mass is 9.81. The van der Waals surface area contributed by atoms with Gasteiger partial charge >= 0.3 is 0 Å². The first kappa shape index (κ1) is 12.4. The van der Waals surface area contributed by atoms with Crippen LogP contribution >= 0.6 is 0 Å². The topological polar surface area (TPSA) is 21.3 Å². The minimum Gasteiger partial charge on any atom is -0.494 e. The smallest absolute Gasteiger partial charge is 0.119 e. The standard InChI is InChI=1S/C15H23NO/c1-4-17-14-7-5-6-12(10-14)15(2)9-8-13(11-15)16-3/h5-7,10,13,16H,4,8-9,11H2,1-3H3. The Bertz CT molecular complexity index is 377. The van der Waals surface area contributed by atoms with Gasteiger partial charge in [-0.2, -0.15) is 0 Å². The lowest BCUT2D eigenvalue weighted by Gasteiger charge is -2.25. The van der Waals surface area contributed by atoms with Crippen LogP contribution in [0.2, 0.25) is 0 Å². The second-order valence-corrected chi connectivity index (χ2v) is 5.25. The zero-order valence-electron chi connectivity index (χ0n) is 11.1. The zero-order valence-corrected chi connectivity index (χ0v) is 11.1. The molecule has 17 heavy (non-hydrogen) atoms. The molecule has 1 saturated carbocycles. The Hall–Kier alpha value is -1.02. The van der Waals surface area contributed by atoms with Gasteiger partial charge in [-0.05, 0) is 56.3 Å². The lowest BCUT2D eigenvalue weighted by Crippen LogP contribution is -2.25. The Morgan fingerprint density at radius 1 is 1.47 bits per heavy atom. The SMILES string of the molecule is CCOc1cccc(C2(C)CCC(NC)C2)c1. The lowest BCUT2D eigenvalue weighted by molar-refractivity contribution is 0.338. The summed E-state index contributed by atoms with van der Waals surface area (Å²) in [5.41, 5.74) is 1.72. The van der Waals surface area contributed by atoms with E-state index >= 15 is 0 Å². The normalized spacial score (nSPS) is 28.3. The van der Waals surface area contributed by atoms with Crippen molar-refractivity contribution in [3.63, 3.8) is 0 Å². The molecule has 0 radical (unpaired) electrons. The van der Waals surface area contributed by atoms with Crippen molar-refractivity contribution in [1.82, 2.24) is 5.32 Å². The van der Waals surface area contributed by atoms with Gasteiger partial charge in [0.1, 0.15) is 5.75 Å². The van der Waals surface area contributed by atoms with Crippen LogP contribution in [0.4, 0.5) is 0 Å². The maximum Gasteiger partial charge on any atom is 0.119 e. The molecule has 0 aliphatic heterocycles. The first-order valence-corrected chi connectivity index (χ1v) is 6.58. The molecule has 2 atom stereocenters. The van der Waals surface area contributed by atoms with E-state index in [0.717, 1.165) is 12.4 Å². The maximum atomic E-state index is 5.59. The van der Waals surface area contributed by atoms with Gasteiger partial charge in [0.25, 0.3) is 0 Å². The van der Waals surface area contributed by atoms with E-state index in [1.165, 1.54) is 24.8 Å². The highest BCUT2D eigenvalue weighted by Gasteiger charge is 2.35. The summed E-state index contributed by atoms with van der Waals surface area (Å²) >= 11 is 0. The van der Waals surface area contributed by atoms with Crippen LogP contribution in [0.3, 0.4) is 0 Å². The van der Waals surface area contributed by atoms with Crippen molar-refractivity contribution in [2.45, 2.75) is 44.6 Å². The molecule has 0 spiro atoms. The molecular formula is C15H23NO. The molecule has 2 nitrogen and oxygen atoms in total. The molecule has 1 aromatic carbocycles. The maximum absolute atomic E-state index is 5.59. The Labute approximate surface area is 104 Å².